The van der Waals surface area contributed by atoms with E-state index in [4.69, 9.17) is 0 Å². The van der Waals surface area contributed by atoms with Gasteiger partial charge in [-0.2, -0.15) is 0 Å². The molecular weight excluding hydrogens is 180 g/mol. The van der Waals surface area contributed by atoms with Crippen molar-refractivity contribution in [3.05, 3.63) is 0 Å². The molecule has 0 bridgehead atoms. The molecule has 1 aliphatic carbocycles. The molecule has 0 aromatic rings. The highest BCUT2D eigenvalue weighted by Crippen LogP contribution is 2.45. The number of rotatable bonds is 2. The number of nitrogens with zero attached hydrogens (tertiary/aromatic N) is 1. The lowest BCUT2D eigenvalue weighted by Gasteiger charge is -2.23. The van der Waals surface area contributed by atoms with Gasteiger partial charge in [-0.1, -0.05) is 6.92 Å². The van der Waals surface area contributed by atoms with Crippen LogP contribution in [0.15, 0.2) is 0 Å². The van der Waals surface area contributed by atoms with Gasteiger partial charge in [-0.05, 0) is 18.3 Å². The Labute approximate surface area is 83.6 Å². The van der Waals surface area contributed by atoms with Crippen LogP contribution in [-0.2, 0) is 9.59 Å². The van der Waals surface area contributed by atoms with Crippen LogP contribution in [0.1, 0.15) is 26.2 Å². The van der Waals surface area contributed by atoms with Crippen molar-refractivity contribution in [3.8, 4) is 0 Å². The van der Waals surface area contributed by atoms with Crippen LogP contribution in [0.5, 0.6) is 0 Å². The molecule has 78 valence electrons. The second-order valence-corrected chi connectivity index (χ2v) is 4.65. The Morgan fingerprint density at radius 2 is 2.14 bits per heavy atom. The molecule has 1 N–H and O–H groups in total. The van der Waals surface area contributed by atoms with Gasteiger partial charge >= 0.3 is 0 Å². The van der Waals surface area contributed by atoms with E-state index in [1.165, 1.54) is 12.8 Å². The normalized spacial score (nSPS) is 25.6. The summed E-state index contributed by atoms with van der Waals surface area (Å²) in [5, 5.41) is 2.60. The van der Waals surface area contributed by atoms with Gasteiger partial charge in [0.15, 0.2) is 0 Å². The minimum Gasteiger partial charge on any atom is -0.347 e. The van der Waals surface area contributed by atoms with Crippen LogP contribution < -0.4 is 5.32 Å². The van der Waals surface area contributed by atoms with Gasteiger partial charge in [0.25, 0.3) is 0 Å². The summed E-state index contributed by atoms with van der Waals surface area (Å²) >= 11 is 0. The van der Waals surface area contributed by atoms with Crippen molar-refractivity contribution in [2.75, 3.05) is 19.6 Å². The molecule has 0 unspecified atom stereocenters. The molecule has 1 aliphatic heterocycles. The summed E-state index contributed by atoms with van der Waals surface area (Å²) in [5.41, 5.74) is 0.336. The molecule has 14 heavy (non-hydrogen) atoms. The number of hydrogen-bond acceptors (Lipinski definition) is 2. The number of amides is 2. The third-order valence-corrected chi connectivity index (χ3v) is 3.07. The third kappa shape index (κ3) is 2.05. The van der Waals surface area contributed by atoms with Gasteiger partial charge in [0, 0.05) is 19.5 Å². The average Bonchev–Trinajstić information content (AvgIpc) is 2.88. The van der Waals surface area contributed by atoms with Crippen LogP contribution in [-0.4, -0.2) is 36.3 Å². The fourth-order valence-corrected chi connectivity index (χ4v) is 1.74. The molecule has 0 radical (unpaired) electrons. The van der Waals surface area contributed by atoms with Gasteiger partial charge in [0.05, 0.1) is 6.54 Å². The summed E-state index contributed by atoms with van der Waals surface area (Å²) in [6.07, 6.45) is 2.86. The van der Waals surface area contributed by atoms with Crippen LogP contribution in [0, 0.1) is 5.41 Å². The first-order chi connectivity index (χ1) is 6.59. The Morgan fingerprint density at radius 3 is 2.79 bits per heavy atom. The van der Waals surface area contributed by atoms with Crippen LogP contribution >= 0.6 is 0 Å². The first kappa shape index (κ1) is 9.49. The first-order valence-electron chi connectivity index (χ1n) is 5.14. The predicted molar refractivity (Wildman–Crippen MR) is 51.5 cm³/mol. The maximum absolute atomic E-state index is 11.6. The van der Waals surface area contributed by atoms with E-state index < -0.39 is 0 Å². The molecule has 1 saturated carbocycles. The largest absolute Gasteiger partial charge is 0.347 e. The van der Waals surface area contributed by atoms with Crippen LogP contribution in [0.4, 0.5) is 0 Å². The van der Waals surface area contributed by atoms with Gasteiger partial charge in [-0.15, -0.1) is 0 Å². The van der Waals surface area contributed by atoms with E-state index in [1.54, 1.807) is 0 Å². The zero-order chi connectivity index (χ0) is 10.2. The summed E-state index contributed by atoms with van der Waals surface area (Å²) in [6.45, 7) is 3.77. The SMILES string of the molecule is CC1(CN2CCC(=O)NCC2=O)CC1. The van der Waals surface area contributed by atoms with E-state index >= 15 is 0 Å². The number of nitrogens with one attached hydrogen (secondary N) is 1. The van der Waals surface area contributed by atoms with Crippen molar-refractivity contribution in [1.29, 1.82) is 0 Å². The summed E-state index contributed by atoms with van der Waals surface area (Å²) in [7, 11) is 0. The second-order valence-electron chi connectivity index (χ2n) is 4.65. The van der Waals surface area contributed by atoms with Crippen molar-refractivity contribution in [2.24, 2.45) is 5.41 Å². The summed E-state index contributed by atoms with van der Waals surface area (Å²) in [6, 6.07) is 0. The molecule has 2 fully saturated rings. The summed E-state index contributed by atoms with van der Waals surface area (Å²) in [5.74, 6) is 0.0470. The van der Waals surface area contributed by atoms with Gasteiger partial charge in [0.2, 0.25) is 11.8 Å². The van der Waals surface area contributed by atoms with Gasteiger partial charge in [0.1, 0.15) is 0 Å². The Morgan fingerprint density at radius 1 is 1.43 bits per heavy atom. The molecular formula is C10H16N2O2. The monoisotopic (exact) mass is 196 g/mol. The lowest BCUT2D eigenvalue weighted by Crippen LogP contribution is -2.38. The summed E-state index contributed by atoms with van der Waals surface area (Å²) < 4.78 is 0. The van der Waals surface area contributed by atoms with Crippen molar-refractivity contribution in [2.45, 2.75) is 26.2 Å². The molecule has 0 aromatic carbocycles. The maximum atomic E-state index is 11.6. The lowest BCUT2D eigenvalue weighted by molar-refractivity contribution is -0.130. The van der Waals surface area contributed by atoms with Crippen LogP contribution in [0.2, 0.25) is 0 Å². The molecule has 0 atom stereocenters. The molecule has 4 nitrogen and oxygen atoms in total. The Bertz CT molecular complexity index is 271. The fraction of sp³-hybridized carbons (Fsp3) is 0.800. The van der Waals surface area contributed by atoms with E-state index in [2.05, 4.69) is 12.2 Å². The molecule has 0 aromatic heterocycles. The van der Waals surface area contributed by atoms with E-state index in [9.17, 15) is 9.59 Å². The predicted octanol–water partition coefficient (Wildman–Crippen LogP) is 0.135. The van der Waals surface area contributed by atoms with Crippen molar-refractivity contribution >= 4 is 11.8 Å². The zero-order valence-electron chi connectivity index (χ0n) is 8.51. The zero-order valence-corrected chi connectivity index (χ0v) is 8.51. The highest BCUT2D eigenvalue weighted by atomic mass is 16.2. The minimum atomic E-state index is -0.0122. The second kappa shape index (κ2) is 3.26. The van der Waals surface area contributed by atoms with Crippen LogP contribution in [0.3, 0.4) is 0 Å². The molecule has 2 amide bonds. The topological polar surface area (TPSA) is 49.4 Å². The van der Waals surface area contributed by atoms with Crippen molar-refractivity contribution in [1.82, 2.24) is 10.2 Å². The van der Waals surface area contributed by atoms with Gasteiger partial charge in [-0.25, -0.2) is 0 Å². The highest BCUT2D eigenvalue weighted by Gasteiger charge is 2.40. The van der Waals surface area contributed by atoms with E-state index in [-0.39, 0.29) is 18.4 Å². The molecule has 2 rings (SSSR count). The van der Waals surface area contributed by atoms with Crippen molar-refractivity contribution < 1.29 is 9.59 Å². The minimum absolute atomic E-state index is 0.0122. The average molecular weight is 196 g/mol. The smallest absolute Gasteiger partial charge is 0.241 e. The number of hydrogen-bond donors (Lipinski definition) is 1. The quantitative estimate of drug-likeness (QED) is 0.682. The third-order valence-electron chi connectivity index (χ3n) is 3.07. The molecule has 4 heteroatoms. The maximum Gasteiger partial charge on any atom is 0.241 e. The number of carbonyl (C=O) groups excluding carboxylic acids is 2. The fourth-order valence-electron chi connectivity index (χ4n) is 1.74. The Kier molecular flexibility index (Phi) is 2.21. The highest BCUT2D eigenvalue weighted by molar-refractivity contribution is 5.87. The van der Waals surface area contributed by atoms with E-state index in [0.29, 0.717) is 18.4 Å². The molecule has 0 spiro atoms. The molecule has 1 heterocycles. The lowest BCUT2D eigenvalue weighted by atomic mass is 10.1. The summed E-state index contributed by atoms with van der Waals surface area (Å²) in [4.78, 5) is 24.5. The Hall–Kier alpha value is -1.06. The van der Waals surface area contributed by atoms with Gasteiger partial charge < -0.3 is 10.2 Å². The first-order valence-corrected chi connectivity index (χ1v) is 5.14. The standard InChI is InChI=1S/C10H16N2O2/c1-10(3-4-10)7-12-5-2-8(13)11-6-9(12)14/h2-7H2,1H3,(H,11,13). The number of carbonyl (C=O) groups is 2. The molecule has 1 saturated heterocycles. The van der Waals surface area contributed by atoms with E-state index in [0.717, 1.165) is 6.54 Å². The molecule has 2 aliphatic rings. The van der Waals surface area contributed by atoms with Crippen LogP contribution in [0.25, 0.3) is 0 Å². The van der Waals surface area contributed by atoms with Crippen molar-refractivity contribution in [3.63, 3.8) is 0 Å². The Balaban J connectivity index is 1.95. The van der Waals surface area contributed by atoms with E-state index in [1.807, 2.05) is 4.90 Å². The van der Waals surface area contributed by atoms with Gasteiger partial charge in [-0.3, -0.25) is 9.59 Å².